The normalized spacial score (nSPS) is 14.2. The van der Waals surface area contributed by atoms with Gasteiger partial charge in [-0.05, 0) is 74.6 Å². The van der Waals surface area contributed by atoms with E-state index in [4.69, 9.17) is 4.52 Å². The quantitative estimate of drug-likeness (QED) is 0.472. The highest BCUT2D eigenvalue weighted by atomic mass is 16.5. The molecule has 0 aliphatic carbocycles. The lowest BCUT2D eigenvalue weighted by atomic mass is 10.1. The number of hydrogen-bond acceptors (Lipinski definition) is 6. The minimum Gasteiger partial charge on any atom is -0.343 e. The van der Waals surface area contributed by atoms with Crippen LogP contribution in [0.25, 0.3) is 33.9 Å². The van der Waals surface area contributed by atoms with Crippen LogP contribution in [0, 0.1) is 13.8 Å². The van der Waals surface area contributed by atoms with Gasteiger partial charge in [-0.25, -0.2) is 4.68 Å². The van der Waals surface area contributed by atoms with Crippen LogP contribution in [0.2, 0.25) is 0 Å². The van der Waals surface area contributed by atoms with Gasteiger partial charge in [0.25, 0.3) is 5.89 Å². The van der Waals surface area contributed by atoms with Gasteiger partial charge in [0.2, 0.25) is 11.7 Å². The summed E-state index contributed by atoms with van der Waals surface area (Å²) in [6, 6.07) is 11.9. The highest BCUT2D eigenvalue weighted by Gasteiger charge is 2.17. The third-order valence-electron chi connectivity index (χ3n) is 6.20. The van der Waals surface area contributed by atoms with Crippen molar-refractivity contribution in [3.05, 3.63) is 47.5 Å². The van der Waals surface area contributed by atoms with Gasteiger partial charge in [0, 0.05) is 30.6 Å². The molecule has 2 aromatic heterocycles. The van der Waals surface area contributed by atoms with E-state index in [0.717, 1.165) is 48.1 Å². The predicted octanol–water partition coefficient (Wildman–Crippen LogP) is 4.17. The van der Waals surface area contributed by atoms with Crippen LogP contribution >= 0.6 is 0 Å². The Hall–Kier alpha value is -3.55. The van der Waals surface area contributed by atoms with Crippen LogP contribution in [0.5, 0.6) is 0 Å². The number of likely N-dealkylation sites (tertiary alicyclic amines) is 1. The topological polar surface area (TPSA) is 89.9 Å². The van der Waals surface area contributed by atoms with Crippen LogP contribution in [0.3, 0.4) is 0 Å². The maximum absolute atomic E-state index is 12.5. The highest BCUT2D eigenvalue weighted by molar-refractivity contribution is 5.80. The monoisotopic (exact) mass is 430 g/mol. The average Bonchev–Trinajstić information content (AvgIpc) is 3.47. The molecule has 8 heteroatoms. The van der Waals surface area contributed by atoms with Gasteiger partial charge >= 0.3 is 0 Å². The molecule has 1 aliphatic rings. The molecule has 0 radical (unpaired) electrons. The molecule has 0 spiro atoms. The first-order valence-electron chi connectivity index (χ1n) is 11.1. The van der Waals surface area contributed by atoms with E-state index in [1.54, 1.807) is 4.68 Å². The Labute approximate surface area is 186 Å². The molecule has 5 rings (SSSR count). The van der Waals surface area contributed by atoms with E-state index in [-0.39, 0.29) is 5.91 Å². The third kappa shape index (κ3) is 4.00. The van der Waals surface area contributed by atoms with Crippen molar-refractivity contribution in [3.8, 4) is 22.8 Å². The van der Waals surface area contributed by atoms with Crippen LogP contribution < -0.4 is 0 Å². The summed E-state index contributed by atoms with van der Waals surface area (Å²) in [6.45, 7) is 6.40. The molecular formula is C24H26N6O2. The first-order valence-corrected chi connectivity index (χ1v) is 11.1. The summed E-state index contributed by atoms with van der Waals surface area (Å²) in [5.41, 5.74) is 5.74. The van der Waals surface area contributed by atoms with Gasteiger partial charge in [0.1, 0.15) is 5.52 Å². The van der Waals surface area contributed by atoms with Crippen molar-refractivity contribution in [3.63, 3.8) is 0 Å². The second kappa shape index (κ2) is 8.53. The second-order valence-electron chi connectivity index (χ2n) is 8.43. The number of hydrogen-bond donors (Lipinski definition) is 0. The number of nitrogens with zero attached hydrogens (tertiary/aromatic N) is 6. The fourth-order valence-corrected chi connectivity index (χ4v) is 4.11. The summed E-state index contributed by atoms with van der Waals surface area (Å²) in [5, 5.41) is 12.7. The van der Waals surface area contributed by atoms with Gasteiger partial charge < -0.3 is 9.42 Å². The summed E-state index contributed by atoms with van der Waals surface area (Å²) in [7, 11) is 0. The smallest absolute Gasteiger partial charge is 0.258 e. The molecule has 0 unspecified atom stereocenters. The Bertz CT molecular complexity index is 1270. The Morgan fingerprint density at radius 2 is 1.81 bits per heavy atom. The van der Waals surface area contributed by atoms with E-state index in [1.807, 2.05) is 35.2 Å². The van der Waals surface area contributed by atoms with E-state index in [1.165, 1.54) is 17.5 Å². The fourth-order valence-electron chi connectivity index (χ4n) is 4.11. The van der Waals surface area contributed by atoms with Crippen molar-refractivity contribution in [2.24, 2.45) is 0 Å². The molecule has 0 N–H and O–H groups in total. The van der Waals surface area contributed by atoms with Crippen LogP contribution in [0.15, 0.2) is 40.9 Å². The number of benzene rings is 2. The summed E-state index contributed by atoms with van der Waals surface area (Å²) in [5.74, 6) is 1.19. The maximum Gasteiger partial charge on any atom is 0.258 e. The zero-order valence-electron chi connectivity index (χ0n) is 18.4. The summed E-state index contributed by atoms with van der Waals surface area (Å²) < 4.78 is 7.28. The maximum atomic E-state index is 12.5. The minimum atomic E-state index is 0.190. The Balaban J connectivity index is 1.32. The van der Waals surface area contributed by atoms with Crippen molar-refractivity contribution < 1.29 is 9.32 Å². The molecule has 2 aromatic carbocycles. The molecule has 0 saturated carbocycles. The van der Waals surface area contributed by atoms with Gasteiger partial charge in [-0.3, -0.25) is 4.79 Å². The van der Waals surface area contributed by atoms with Gasteiger partial charge in [-0.15, -0.1) is 5.10 Å². The zero-order chi connectivity index (χ0) is 22.1. The lowest BCUT2D eigenvalue weighted by Gasteiger charge is -2.26. The van der Waals surface area contributed by atoms with Gasteiger partial charge in [0.15, 0.2) is 0 Å². The minimum absolute atomic E-state index is 0.190. The third-order valence-corrected chi connectivity index (χ3v) is 6.20. The molecule has 8 nitrogen and oxygen atoms in total. The number of carbonyl (C=O) groups excluding carboxylic acids is 1. The van der Waals surface area contributed by atoms with E-state index < -0.39 is 0 Å². The van der Waals surface area contributed by atoms with Crippen LogP contribution in [-0.2, 0) is 11.3 Å². The van der Waals surface area contributed by atoms with Crippen LogP contribution in [-0.4, -0.2) is 49.0 Å². The molecular weight excluding hydrogens is 404 g/mol. The van der Waals surface area contributed by atoms with Gasteiger partial charge in [0.05, 0.1) is 12.1 Å². The highest BCUT2D eigenvalue weighted by Crippen LogP contribution is 2.26. The SMILES string of the molecule is Cc1ccc(-c2nc(-c3ccc4c(c3)nnn4CCC(=O)N3CCCCC3)no2)cc1C. The zero-order valence-corrected chi connectivity index (χ0v) is 18.4. The molecule has 4 aromatic rings. The first kappa shape index (κ1) is 20.4. The number of aromatic nitrogens is 5. The van der Waals surface area contributed by atoms with Crippen LogP contribution in [0.4, 0.5) is 0 Å². The lowest BCUT2D eigenvalue weighted by molar-refractivity contribution is -0.132. The molecule has 1 fully saturated rings. The van der Waals surface area contributed by atoms with E-state index >= 15 is 0 Å². The molecule has 164 valence electrons. The molecule has 32 heavy (non-hydrogen) atoms. The fraction of sp³-hybridized carbons (Fsp3) is 0.375. The standard InChI is InChI=1S/C24H26N6O2/c1-16-6-7-19(14-17(16)2)24-25-23(27-32-24)18-8-9-21-20(15-18)26-28-30(21)13-10-22(31)29-11-4-3-5-12-29/h6-9,14-15H,3-5,10-13H2,1-2H3. The molecule has 0 atom stereocenters. The number of carbonyl (C=O) groups is 1. The lowest BCUT2D eigenvalue weighted by Crippen LogP contribution is -2.36. The summed E-state index contributed by atoms with van der Waals surface area (Å²) >= 11 is 0. The number of aryl methyl sites for hydroxylation is 3. The van der Waals surface area contributed by atoms with E-state index in [2.05, 4.69) is 40.4 Å². The van der Waals surface area contributed by atoms with Gasteiger partial charge in [-0.1, -0.05) is 16.4 Å². The Morgan fingerprint density at radius 3 is 2.62 bits per heavy atom. The van der Waals surface area contributed by atoms with Crippen molar-refractivity contribution in [2.75, 3.05) is 13.1 Å². The largest absolute Gasteiger partial charge is 0.343 e. The Kier molecular flexibility index (Phi) is 5.43. The van der Waals surface area contributed by atoms with Crippen molar-refractivity contribution in [1.29, 1.82) is 0 Å². The first-order chi connectivity index (χ1) is 15.6. The average molecular weight is 431 g/mol. The van der Waals surface area contributed by atoms with Crippen molar-refractivity contribution in [2.45, 2.75) is 46.1 Å². The van der Waals surface area contributed by atoms with E-state index in [0.29, 0.717) is 24.7 Å². The van der Waals surface area contributed by atoms with Crippen molar-refractivity contribution >= 4 is 16.9 Å². The molecule has 1 saturated heterocycles. The number of amides is 1. The van der Waals surface area contributed by atoms with Crippen molar-refractivity contribution in [1.82, 2.24) is 30.0 Å². The second-order valence-corrected chi connectivity index (χ2v) is 8.43. The molecule has 1 amide bonds. The number of rotatable bonds is 5. The number of fused-ring (bicyclic) bond motifs is 1. The molecule has 3 heterocycles. The summed E-state index contributed by atoms with van der Waals surface area (Å²) in [6.07, 6.45) is 3.85. The predicted molar refractivity (Wildman–Crippen MR) is 121 cm³/mol. The molecule has 1 aliphatic heterocycles. The van der Waals surface area contributed by atoms with Crippen LogP contribution in [0.1, 0.15) is 36.8 Å². The van der Waals surface area contributed by atoms with Gasteiger partial charge in [-0.2, -0.15) is 4.98 Å². The Morgan fingerprint density at radius 1 is 1.00 bits per heavy atom. The number of piperidine rings is 1. The molecule has 0 bridgehead atoms. The summed E-state index contributed by atoms with van der Waals surface area (Å²) in [4.78, 5) is 19.0. The van der Waals surface area contributed by atoms with E-state index in [9.17, 15) is 4.79 Å².